The van der Waals surface area contributed by atoms with E-state index >= 15 is 0 Å². The quantitative estimate of drug-likeness (QED) is 0.848. The van der Waals surface area contributed by atoms with Gasteiger partial charge in [-0.1, -0.05) is 30.3 Å². The molecule has 3 N–H and O–H groups in total. The van der Waals surface area contributed by atoms with E-state index in [-0.39, 0.29) is 6.54 Å². The van der Waals surface area contributed by atoms with Crippen molar-refractivity contribution in [2.24, 2.45) is 5.73 Å². The zero-order valence-corrected chi connectivity index (χ0v) is 12.5. The van der Waals surface area contributed by atoms with Crippen molar-refractivity contribution in [1.82, 2.24) is 4.72 Å². The standard InChI is InChI=1S/C14H22N2O3S/c1-14(11-15,12-5-3-2-4-6-12)16-20(17,18)13-7-9-19-10-8-13/h2-6,13,16H,7-11,15H2,1H3. The third-order valence-corrected chi connectivity index (χ3v) is 5.88. The SMILES string of the molecule is CC(CN)(NS(=O)(=O)C1CCOCC1)c1ccccc1. The zero-order chi connectivity index (χ0) is 14.6. The van der Waals surface area contributed by atoms with E-state index in [1.165, 1.54) is 0 Å². The lowest BCUT2D eigenvalue weighted by molar-refractivity contribution is 0.0979. The highest BCUT2D eigenvalue weighted by atomic mass is 32.2. The summed E-state index contributed by atoms with van der Waals surface area (Å²) in [6.07, 6.45) is 1.07. The number of rotatable bonds is 5. The Kier molecular flexibility index (Phi) is 4.80. The summed E-state index contributed by atoms with van der Waals surface area (Å²) in [4.78, 5) is 0. The van der Waals surface area contributed by atoms with Gasteiger partial charge in [0.2, 0.25) is 10.0 Å². The molecule has 0 spiro atoms. The molecule has 1 saturated heterocycles. The third kappa shape index (κ3) is 3.38. The topological polar surface area (TPSA) is 81.4 Å². The summed E-state index contributed by atoms with van der Waals surface area (Å²) in [7, 11) is -3.41. The van der Waals surface area contributed by atoms with Crippen LogP contribution in [0.4, 0.5) is 0 Å². The first kappa shape index (κ1) is 15.4. The van der Waals surface area contributed by atoms with Gasteiger partial charge >= 0.3 is 0 Å². The van der Waals surface area contributed by atoms with Crippen LogP contribution < -0.4 is 10.5 Å². The third-order valence-electron chi connectivity index (χ3n) is 3.79. The van der Waals surface area contributed by atoms with Gasteiger partial charge in [-0.3, -0.25) is 0 Å². The van der Waals surface area contributed by atoms with Gasteiger partial charge in [0.25, 0.3) is 0 Å². The summed E-state index contributed by atoms with van der Waals surface area (Å²) < 4.78 is 33.0. The highest BCUT2D eigenvalue weighted by Crippen LogP contribution is 2.23. The number of nitrogens with one attached hydrogen (secondary N) is 1. The summed E-state index contributed by atoms with van der Waals surface area (Å²) in [6, 6.07) is 9.43. The maximum Gasteiger partial charge on any atom is 0.215 e. The minimum absolute atomic E-state index is 0.208. The highest BCUT2D eigenvalue weighted by molar-refractivity contribution is 7.90. The molecule has 0 bridgehead atoms. The van der Waals surface area contributed by atoms with Gasteiger partial charge in [0, 0.05) is 19.8 Å². The molecule has 5 nitrogen and oxygen atoms in total. The molecule has 0 aromatic heterocycles. The average molecular weight is 298 g/mol. The molecule has 20 heavy (non-hydrogen) atoms. The molecule has 1 fully saturated rings. The molecule has 1 aromatic rings. The Morgan fingerprint density at radius 2 is 1.90 bits per heavy atom. The Balaban J connectivity index is 2.20. The van der Waals surface area contributed by atoms with Crippen molar-refractivity contribution in [3.8, 4) is 0 Å². The molecule has 0 saturated carbocycles. The lowest BCUT2D eigenvalue weighted by Gasteiger charge is -2.32. The van der Waals surface area contributed by atoms with E-state index < -0.39 is 20.8 Å². The average Bonchev–Trinajstić information content (AvgIpc) is 2.48. The molecule has 0 aliphatic carbocycles. The Morgan fingerprint density at radius 3 is 2.45 bits per heavy atom. The van der Waals surface area contributed by atoms with Crippen LogP contribution in [0.2, 0.25) is 0 Å². The Bertz CT molecular complexity index is 527. The van der Waals surface area contributed by atoms with Crippen LogP contribution in [0, 0.1) is 0 Å². The molecule has 2 rings (SSSR count). The minimum Gasteiger partial charge on any atom is -0.381 e. The number of nitrogens with two attached hydrogens (primary N) is 1. The first-order chi connectivity index (χ1) is 9.48. The molecule has 1 heterocycles. The van der Waals surface area contributed by atoms with Gasteiger partial charge in [-0.05, 0) is 25.3 Å². The van der Waals surface area contributed by atoms with E-state index in [4.69, 9.17) is 10.5 Å². The van der Waals surface area contributed by atoms with Gasteiger partial charge in [-0.25, -0.2) is 13.1 Å². The molecule has 1 atom stereocenters. The minimum atomic E-state index is -3.41. The van der Waals surface area contributed by atoms with Crippen molar-refractivity contribution < 1.29 is 13.2 Å². The van der Waals surface area contributed by atoms with Gasteiger partial charge in [-0.15, -0.1) is 0 Å². The summed E-state index contributed by atoms with van der Waals surface area (Å²) >= 11 is 0. The van der Waals surface area contributed by atoms with Crippen LogP contribution in [0.3, 0.4) is 0 Å². The molecule has 0 radical (unpaired) electrons. The Hall–Kier alpha value is -0.950. The second-order valence-corrected chi connectivity index (χ2v) is 7.32. The van der Waals surface area contributed by atoms with Gasteiger partial charge in [0.1, 0.15) is 0 Å². The normalized spacial score (nSPS) is 20.5. The number of ether oxygens (including phenoxy) is 1. The molecule has 1 aromatic carbocycles. The van der Waals surface area contributed by atoms with Gasteiger partial charge in [0.15, 0.2) is 0 Å². The van der Waals surface area contributed by atoms with Crippen molar-refractivity contribution in [3.63, 3.8) is 0 Å². The summed E-state index contributed by atoms with van der Waals surface area (Å²) in [5.74, 6) is 0. The predicted octanol–water partition coefficient (Wildman–Crippen LogP) is 0.959. The summed E-state index contributed by atoms with van der Waals surface area (Å²) in [5, 5.41) is -0.397. The van der Waals surface area contributed by atoms with Crippen molar-refractivity contribution in [2.45, 2.75) is 30.6 Å². The molecule has 6 heteroatoms. The van der Waals surface area contributed by atoms with Gasteiger partial charge in [0.05, 0.1) is 10.8 Å². The molecule has 0 amide bonds. The monoisotopic (exact) mass is 298 g/mol. The van der Waals surface area contributed by atoms with Crippen molar-refractivity contribution in [3.05, 3.63) is 35.9 Å². The van der Waals surface area contributed by atoms with Crippen LogP contribution in [0.1, 0.15) is 25.3 Å². The van der Waals surface area contributed by atoms with E-state index in [2.05, 4.69) is 4.72 Å². The molecule has 1 aliphatic heterocycles. The molecular formula is C14H22N2O3S. The number of benzene rings is 1. The van der Waals surface area contributed by atoms with Crippen LogP contribution in [0.5, 0.6) is 0 Å². The number of sulfonamides is 1. The van der Waals surface area contributed by atoms with Crippen molar-refractivity contribution >= 4 is 10.0 Å². The van der Waals surface area contributed by atoms with Crippen LogP contribution in [0.25, 0.3) is 0 Å². The lowest BCUT2D eigenvalue weighted by Crippen LogP contribution is -2.52. The number of hydrogen-bond donors (Lipinski definition) is 2. The summed E-state index contributed by atoms with van der Waals surface area (Å²) in [6.45, 7) is 3.02. The fraction of sp³-hybridized carbons (Fsp3) is 0.571. The first-order valence-electron chi connectivity index (χ1n) is 6.84. The Labute approximate surface area is 120 Å². The lowest BCUT2D eigenvalue weighted by atomic mass is 9.94. The maximum absolute atomic E-state index is 12.5. The highest BCUT2D eigenvalue weighted by Gasteiger charge is 2.35. The van der Waals surface area contributed by atoms with Gasteiger partial charge in [-0.2, -0.15) is 0 Å². The zero-order valence-electron chi connectivity index (χ0n) is 11.7. The maximum atomic E-state index is 12.5. The first-order valence-corrected chi connectivity index (χ1v) is 8.39. The summed E-state index contributed by atoms with van der Waals surface area (Å²) in [5.41, 5.74) is 5.92. The molecule has 112 valence electrons. The second-order valence-electron chi connectivity index (χ2n) is 5.36. The van der Waals surface area contributed by atoms with Crippen LogP contribution in [0.15, 0.2) is 30.3 Å². The smallest absolute Gasteiger partial charge is 0.215 e. The van der Waals surface area contributed by atoms with Gasteiger partial charge < -0.3 is 10.5 Å². The van der Waals surface area contributed by atoms with E-state index in [0.29, 0.717) is 26.1 Å². The van der Waals surface area contributed by atoms with E-state index in [9.17, 15) is 8.42 Å². The second kappa shape index (κ2) is 6.22. The van der Waals surface area contributed by atoms with E-state index in [1.807, 2.05) is 37.3 Å². The van der Waals surface area contributed by atoms with Crippen LogP contribution in [-0.2, 0) is 20.3 Å². The number of hydrogen-bond acceptors (Lipinski definition) is 4. The van der Waals surface area contributed by atoms with Crippen molar-refractivity contribution in [1.29, 1.82) is 0 Å². The predicted molar refractivity (Wildman–Crippen MR) is 78.7 cm³/mol. The molecule has 1 unspecified atom stereocenters. The Morgan fingerprint density at radius 1 is 1.30 bits per heavy atom. The molecule has 1 aliphatic rings. The van der Waals surface area contributed by atoms with E-state index in [0.717, 1.165) is 5.56 Å². The van der Waals surface area contributed by atoms with Crippen molar-refractivity contribution in [2.75, 3.05) is 19.8 Å². The fourth-order valence-corrected chi connectivity index (χ4v) is 4.22. The largest absolute Gasteiger partial charge is 0.381 e. The fourth-order valence-electron chi connectivity index (χ4n) is 2.41. The van der Waals surface area contributed by atoms with Crippen LogP contribution >= 0.6 is 0 Å². The van der Waals surface area contributed by atoms with E-state index in [1.54, 1.807) is 0 Å². The van der Waals surface area contributed by atoms with Crippen LogP contribution in [-0.4, -0.2) is 33.4 Å². The molecular weight excluding hydrogens is 276 g/mol.